The van der Waals surface area contributed by atoms with E-state index in [4.69, 9.17) is 17.0 Å². The number of hydrogen-bond acceptors (Lipinski definition) is 5. The highest BCUT2D eigenvalue weighted by Crippen LogP contribution is 2.38. The third-order valence-electron chi connectivity index (χ3n) is 3.84. The maximum atomic E-state index is 10.4. The molecule has 0 saturated carbocycles. The highest BCUT2D eigenvalue weighted by Gasteiger charge is 2.32. The smallest absolute Gasteiger partial charge is 0.139 e. The first-order chi connectivity index (χ1) is 11.5. The number of phenols is 1. The molecule has 0 bridgehead atoms. The Morgan fingerprint density at radius 2 is 1.96 bits per heavy atom. The van der Waals surface area contributed by atoms with E-state index in [0.29, 0.717) is 21.3 Å². The molecule has 0 saturated heterocycles. The van der Waals surface area contributed by atoms with Gasteiger partial charge in [0.25, 0.3) is 0 Å². The number of fused-ring (bicyclic) bond motifs is 1. The Bertz CT molecular complexity index is 979. The Hall–Kier alpha value is -2.57. The van der Waals surface area contributed by atoms with Gasteiger partial charge in [-0.2, -0.15) is 0 Å². The van der Waals surface area contributed by atoms with E-state index in [1.165, 1.54) is 22.3 Å². The predicted molar refractivity (Wildman–Crippen MR) is 97.4 cm³/mol. The number of hydrogen-bond donors (Lipinski definition) is 3. The molecule has 0 spiro atoms. The molecule has 24 heavy (non-hydrogen) atoms. The normalized spacial score (nSPS) is 14.9. The van der Waals surface area contributed by atoms with Crippen LogP contribution in [0, 0.1) is 5.41 Å². The average Bonchev–Trinajstić information content (AvgIpc) is 3.10. The SMILES string of the molecule is N=C1C(c2nc3ccccc3s2)=C(O)CN1c1cc(Cl)ccc1O. The van der Waals surface area contributed by atoms with Gasteiger partial charge in [0.2, 0.25) is 0 Å². The molecule has 1 aromatic heterocycles. The van der Waals surface area contributed by atoms with Crippen molar-refractivity contribution in [3.05, 3.63) is 58.3 Å². The lowest BCUT2D eigenvalue weighted by Crippen LogP contribution is -2.26. The average molecular weight is 358 g/mol. The van der Waals surface area contributed by atoms with Gasteiger partial charge in [-0.05, 0) is 30.3 Å². The summed E-state index contributed by atoms with van der Waals surface area (Å²) in [5.41, 5.74) is 1.60. The highest BCUT2D eigenvalue weighted by atomic mass is 35.5. The van der Waals surface area contributed by atoms with Crippen LogP contribution in [0.3, 0.4) is 0 Å². The second kappa shape index (κ2) is 5.51. The summed E-state index contributed by atoms with van der Waals surface area (Å²) in [5, 5.41) is 29.9. The van der Waals surface area contributed by atoms with Crippen LogP contribution < -0.4 is 4.90 Å². The van der Waals surface area contributed by atoms with Crippen molar-refractivity contribution in [2.75, 3.05) is 11.4 Å². The van der Waals surface area contributed by atoms with Crippen LogP contribution >= 0.6 is 22.9 Å². The summed E-state index contributed by atoms with van der Waals surface area (Å²) in [4.78, 5) is 6.02. The molecule has 4 rings (SSSR count). The van der Waals surface area contributed by atoms with Gasteiger partial charge in [-0.3, -0.25) is 5.41 Å². The topological polar surface area (TPSA) is 80.4 Å². The van der Waals surface area contributed by atoms with Gasteiger partial charge in [0, 0.05) is 5.02 Å². The third kappa shape index (κ3) is 2.31. The van der Waals surface area contributed by atoms with E-state index < -0.39 is 0 Å². The summed E-state index contributed by atoms with van der Waals surface area (Å²) in [6.07, 6.45) is 0. The molecule has 2 aromatic carbocycles. The first kappa shape index (κ1) is 15.0. The van der Waals surface area contributed by atoms with Crippen LogP contribution in [0.1, 0.15) is 5.01 Å². The quantitative estimate of drug-likeness (QED) is 0.634. The molecule has 0 atom stereocenters. The molecule has 2 heterocycles. The van der Waals surface area contributed by atoms with Gasteiger partial charge < -0.3 is 15.1 Å². The number of rotatable bonds is 2. The zero-order chi connectivity index (χ0) is 16.8. The molecular weight excluding hydrogens is 346 g/mol. The molecule has 5 nitrogen and oxygen atoms in total. The summed E-state index contributed by atoms with van der Waals surface area (Å²) in [5.74, 6) is 0.144. The number of para-hydroxylation sites is 1. The lowest BCUT2D eigenvalue weighted by molar-refractivity contribution is 0.411. The molecule has 1 aliphatic rings. The number of thiazole rings is 1. The van der Waals surface area contributed by atoms with Gasteiger partial charge in [-0.15, -0.1) is 11.3 Å². The number of halogens is 1. The molecule has 3 N–H and O–H groups in total. The number of nitrogens with one attached hydrogen (secondary N) is 1. The summed E-state index contributed by atoms with van der Waals surface area (Å²) in [6, 6.07) is 12.3. The Kier molecular flexibility index (Phi) is 3.44. The van der Waals surface area contributed by atoms with Crippen molar-refractivity contribution in [3.8, 4) is 5.75 Å². The van der Waals surface area contributed by atoms with Crippen LogP contribution in [0.4, 0.5) is 5.69 Å². The number of aliphatic hydroxyl groups is 1. The number of aromatic nitrogens is 1. The standard InChI is InChI=1S/C17H12ClN3O2S/c18-9-5-6-12(22)11(7-9)21-8-13(23)15(16(21)19)17-20-10-3-1-2-4-14(10)24-17/h1-7,19,22-23H,8H2. The highest BCUT2D eigenvalue weighted by molar-refractivity contribution is 7.19. The molecule has 3 aromatic rings. The number of aromatic hydroxyl groups is 1. The number of anilines is 1. The van der Waals surface area contributed by atoms with Gasteiger partial charge in [0.05, 0.1) is 28.0 Å². The molecule has 0 aliphatic carbocycles. The summed E-state index contributed by atoms with van der Waals surface area (Å²) >= 11 is 7.41. The second-order valence-corrected chi connectivity index (χ2v) is 6.84. The number of aliphatic hydroxyl groups excluding tert-OH is 1. The number of phenolic OH excluding ortho intramolecular Hbond substituents is 1. The van der Waals surface area contributed by atoms with Gasteiger partial charge >= 0.3 is 0 Å². The Morgan fingerprint density at radius 3 is 2.75 bits per heavy atom. The molecule has 7 heteroatoms. The maximum absolute atomic E-state index is 10.4. The van der Waals surface area contributed by atoms with Crippen molar-refractivity contribution in [2.45, 2.75) is 0 Å². The molecule has 0 unspecified atom stereocenters. The van der Waals surface area contributed by atoms with Crippen LogP contribution in [0.5, 0.6) is 5.75 Å². The Balaban J connectivity index is 1.76. The van der Waals surface area contributed by atoms with E-state index in [2.05, 4.69) is 4.98 Å². The molecular formula is C17H12ClN3O2S. The van der Waals surface area contributed by atoms with E-state index in [9.17, 15) is 10.2 Å². The number of nitrogens with zero attached hydrogens (tertiary/aromatic N) is 2. The first-order valence-corrected chi connectivity index (χ1v) is 8.37. The minimum absolute atomic E-state index is 0.00231. The van der Waals surface area contributed by atoms with Crippen LogP contribution in [0.15, 0.2) is 48.2 Å². The molecule has 0 radical (unpaired) electrons. The van der Waals surface area contributed by atoms with Gasteiger partial charge in [-0.1, -0.05) is 23.7 Å². The predicted octanol–water partition coefficient (Wildman–Crippen LogP) is 4.42. The van der Waals surface area contributed by atoms with Crippen molar-refractivity contribution in [3.63, 3.8) is 0 Å². The van der Waals surface area contributed by atoms with Gasteiger partial charge in [0.15, 0.2) is 0 Å². The molecule has 0 fully saturated rings. The number of benzene rings is 2. The fraction of sp³-hybridized carbons (Fsp3) is 0.0588. The minimum Gasteiger partial charge on any atom is -0.510 e. The van der Waals surface area contributed by atoms with Crippen LogP contribution in [-0.2, 0) is 0 Å². The monoisotopic (exact) mass is 357 g/mol. The molecule has 1 aliphatic heterocycles. The van der Waals surface area contributed by atoms with Crippen molar-refractivity contribution >= 4 is 50.3 Å². The van der Waals surface area contributed by atoms with Crippen LogP contribution in [0.2, 0.25) is 5.02 Å². The van der Waals surface area contributed by atoms with E-state index in [0.717, 1.165) is 10.2 Å². The van der Waals surface area contributed by atoms with Crippen molar-refractivity contribution < 1.29 is 10.2 Å². The lowest BCUT2D eigenvalue weighted by Gasteiger charge is -2.19. The zero-order valence-electron chi connectivity index (χ0n) is 12.3. The van der Waals surface area contributed by atoms with E-state index in [1.54, 1.807) is 12.1 Å². The van der Waals surface area contributed by atoms with E-state index >= 15 is 0 Å². The Labute approximate surface area is 146 Å². The number of amidine groups is 1. The van der Waals surface area contributed by atoms with E-state index in [-0.39, 0.29) is 23.9 Å². The molecule has 120 valence electrons. The lowest BCUT2D eigenvalue weighted by atomic mass is 10.2. The minimum atomic E-state index is 0.00231. The second-order valence-electron chi connectivity index (χ2n) is 5.38. The van der Waals surface area contributed by atoms with Crippen LogP contribution in [-0.4, -0.2) is 27.6 Å². The maximum Gasteiger partial charge on any atom is 0.139 e. The van der Waals surface area contributed by atoms with Gasteiger partial charge in [-0.25, -0.2) is 4.98 Å². The first-order valence-electron chi connectivity index (χ1n) is 7.17. The van der Waals surface area contributed by atoms with Crippen LogP contribution in [0.25, 0.3) is 15.8 Å². The fourth-order valence-corrected chi connectivity index (χ4v) is 3.90. The fourth-order valence-electron chi connectivity index (χ4n) is 2.70. The Morgan fingerprint density at radius 1 is 1.17 bits per heavy atom. The van der Waals surface area contributed by atoms with Crippen molar-refractivity contribution in [1.29, 1.82) is 5.41 Å². The summed E-state index contributed by atoms with van der Waals surface area (Å²) < 4.78 is 0.990. The zero-order valence-corrected chi connectivity index (χ0v) is 13.9. The largest absolute Gasteiger partial charge is 0.510 e. The third-order valence-corrected chi connectivity index (χ3v) is 5.13. The molecule has 0 amide bonds. The van der Waals surface area contributed by atoms with Gasteiger partial charge in [0.1, 0.15) is 22.4 Å². The summed E-state index contributed by atoms with van der Waals surface area (Å²) in [7, 11) is 0. The summed E-state index contributed by atoms with van der Waals surface area (Å²) in [6.45, 7) is 0.0952. The van der Waals surface area contributed by atoms with Crippen molar-refractivity contribution in [2.24, 2.45) is 0 Å². The van der Waals surface area contributed by atoms with E-state index in [1.807, 2.05) is 24.3 Å². The van der Waals surface area contributed by atoms with Crippen molar-refractivity contribution in [1.82, 2.24) is 4.98 Å².